The quantitative estimate of drug-likeness (QED) is 0.883. The number of carbonyl (C=O) groups excluding carboxylic acids is 1. The molecule has 0 radical (unpaired) electrons. The highest BCUT2D eigenvalue weighted by molar-refractivity contribution is 5.67. The Morgan fingerprint density at radius 1 is 1.19 bits per heavy atom. The van der Waals surface area contributed by atoms with Gasteiger partial charge in [0.15, 0.2) is 0 Å². The minimum absolute atomic E-state index is 0.0334. The van der Waals surface area contributed by atoms with Crippen molar-refractivity contribution in [2.45, 2.75) is 38.0 Å². The summed E-state index contributed by atoms with van der Waals surface area (Å²) in [6, 6.07) is 3.75. The van der Waals surface area contributed by atoms with Crippen molar-refractivity contribution >= 4 is 6.09 Å². The van der Waals surface area contributed by atoms with Gasteiger partial charge >= 0.3 is 12.3 Å². The Kier molecular flexibility index (Phi) is 4.59. The largest absolute Gasteiger partial charge is 0.445 e. The number of alkyl halides is 3. The topological polar surface area (TPSA) is 41.6 Å². The number of benzene rings is 1. The molecule has 0 bridgehead atoms. The average molecular weight is 368 g/mol. The van der Waals surface area contributed by atoms with Crippen LogP contribution < -0.4 is 5.32 Å². The molecule has 1 aromatic rings. The summed E-state index contributed by atoms with van der Waals surface area (Å²) in [6.07, 6.45) is -1.95. The molecule has 2 saturated heterocycles. The highest BCUT2D eigenvalue weighted by Crippen LogP contribution is 2.44. The number of halogens is 3. The van der Waals surface area contributed by atoms with E-state index in [0.717, 1.165) is 38.4 Å². The van der Waals surface area contributed by atoms with Crippen LogP contribution in [0.25, 0.3) is 0 Å². The van der Waals surface area contributed by atoms with Gasteiger partial charge in [-0.1, -0.05) is 6.07 Å². The minimum atomic E-state index is -4.35. The second kappa shape index (κ2) is 6.76. The van der Waals surface area contributed by atoms with Gasteiger partial charge in [0.25, 0.3) is 0 Å². The number of nitrogens with one attached hydrogen (secondary N) is 1. The molecule has 2 aliphatic heterocycles. The van der Waals surface area contributed by atoms with Crippen LogP contribution in [0.15, 0.2) is 18.2 Å². The van der Waals surface area contributed by atoms with Gasteiger partial charge in [0.2, 0.25) is 0 Å². The van der Waals surface area contributed by atoms with Crippen molar-refractivity contribution in [2.75, 3.05) is 26.2 Å². The summed E-state index contributed by atoms with van der Waals surface area (Å²) >= 11 is 0. The molecule has 3 aliphatic rings. The molecule has 4 nitrogen and oxygen atoms in total. The lowest BCUT2D eigenvalue weighted by atomic mass is 9.89. The number of likely N-dealkylation sites (tertiary alicyclic amines) is 1. The SMILES string of the molecule is O=C(OCc1ccc(C(F)(F)F)cc1C1CC1)N1CCC2CNCC2C1. The van der Waals surface area contributed by atoms with Crippen LogP contribution in [0.4, 0.5) is 18.0 Å². The van der Waals surface area contributed by atoms with Crippen LogP contribution in [0, 0.1) is 11.8 Å². The van der Waals surface area contributed by atoms with E-state index in [0.29, 0.717) is 36.1 Å². The molecule has 1 N–H and O–H groups in total. The third-order valence-corrected chi connectivity index (χ3v) is 5.80. The fraction of sp³-hybridized carbons (Fsp3) is 0.632. The zero-order valence-corrected chi connectivity index (χ0v) is 14.5. The molecule has 0 spiro atoms. The summed E-state index contributed by atoms with van der Waals surface area (Å²) < 4.78 is 44.3. The lowest BCUT2D eigenvalue weighted by molar-refractivity contribution is -0.137. The van der Waals surface area contributed by atoms with E-state index in [1.54, 1.807) is 4.90 Å². The van der Waals surface area contributed by atoms with Gasteiger partial charge in [-0.3, -0.25) is 0 Å². The van der Waals surface area contributed by atoms with Crippen molar-refractivity contribution in [3.05, 3.63) is 34.9 Å². The maximum absolute atomic E-state index is 13.0. The standard InChI is InChI=1S/C19H23F3N2O2/c20-19(21,22)16-4-3-14(17(7-16)12-1-2-12)11-26-18(25)24-6-5-13-8-23-9-15(13)10-24/h3-4,7,12-13,15,23H,1-2,5-6,8-11H2. The number of hydrogen-bond acceptors (Lipinski definition) is 3. The number of nitrogens with zero attached hydrogens (tertiary/aromatic N) is 1. The van der Waals surface area contributed by atoms with Crippen molar-refractivity contribution in [1.29, 1.82) is 0 Å². The Labute approximate surface area is 150 Å². The van der Waals surface area contributed by atoms with Crippen molar-refractivity contribution in [2.24, 2.45) is 11.8 Å². The fourth-order valence-corrected chi connectivity index (χ4v) is 4.11. The van der Waals surface area contributed by atoms with Gasteiger partial charge in [0.05, 0.1) is 5.56 Å². The number of piperidine rings is 1. The van der Waals surface area contributed by atoms with E-state index >= 15 is 0 Å². The van der Waals surface area contributed by atoms with Crippen LogP contribution in [0.3, 0.4) is 0 Å². The van der Waals surface area contributed by atoms with Crippen molar-refractivity contribution < 1.29 is 22.7 Å². The van der Waals surface area contributed by atoms with Crippen molar-refractivity contribution in [1.82, 2.24) is 10.2 Å². The predicted octanol–water partition coefficient (Wildman–Crippen LogP) is 3.76. The molecule has 3 fully saturated rings. The normalized spacial score (nSPS) is 25.9. The van der Waals surface area contributed by atoms with E-state index in [1.807, 2.05) is 0 Å². The number of ether oxygens (including phenoxy) is 1. The zero-order chi connectivity index (χ0) is 18.3. The first-order chi connectivity index (χ1) is 12.4. The number of fused-ring (bicyclic) bond motifs is 1. The maximum Gasteiger partial charge on any atom is 0.416 e. The van der Waals surface area contributed by atoms with E-state index in [1.165, 1.54) is 12.1 Å². The Bertz CT molecular complexity index is 688. The van der Waals surface area contributed by atoms with Crippen LogP contribution in [-0.4, -0.2) is 37.2 Å². The molecule has 2 atom stereocenters. The van der Waals surface area contributed by atoms with Crippen LogP contribution in [0.2, 0.25) is 0 Å². The summed E-state index contributed by atoms with van der Waals surface area (Å²) in [4.78, 5) is 14.1. The fourth-order valence-electron chi connectivity index (χ4n) is 4.11. The highest BCUT2D eigenvalue weighted by atomic mass is 19.4. The van der Waals surface area contributed by atoms with Gasteiger partial charge in [-0.2, -0.15) is 13.2 Å². The Balaban J connectivity index is 1.40. The third-order valence-electron chi connectivity index (χ3n) is 5.80. The number of amides is 1. The molecule has 7 heteroatoms. The molecule has 26 heavy (non-hydrogen) atoms. The second-order valence-electron chi connectivity index (χ2n) is 7.65. The van der Waals surface area contributed by atoms with Crippen LogP contribution in [0.5, 0.6) is 0 Å². The Morgan fingerprint density at radius 2 is 1.96 bits per heavy atom. The lowest BCUT2D eigenvalue weighted by Crippen LogP contribution is -2.43. The van der Waals surface area contributed by atoms with Crippen molar-refractivity contribution in [3.63, 3.8) is 0 Å². The number of rotatable bonds is 3. The van der Waals surface area contributed by atoms with Crippen LogP contribution in [-0.2, 0) is 17.5 Å². The Morgan fingerprint density at radius 3 is 2.69 bits per heavy atom. The van der Waals surface area contributed by atoms with Crippen molar-refractivity contribution in [3.8, 4) is 0 Å². The maximum atomic E-state index is 13.0. The third kappa shape index (κ3) is 3.68. The van der Waals surface area contributed by atoms with Gasteiger partial charge in [-0.15, -0.1) is 0 Å². The predicted molar refractivity (Wildman–Crippen MR) is 89.6 cm³/mol. The summed E-state index contributed by atoms with van der Waals surface area (Å²) in [7, 11) is 0. The van der Waals surface area contributed by atoms with Crippen LogP contribution in [0.1, 0.15) is 41.9 Å². The van der Waals surface area contributed by atoms with Crippen LogP contribution >= 0.6 is 0 Å². The molecule has 1 saturated carbocycles. The minimum Gasteiger partial charge on any atom is -0.445 e. The monoisotopic (exact) mass is 368 g/mol. The van der Waals surface area contributed by atoms with E-state index in [-0.39, 0.29) is 18.6 Å². The molecular weight excluding hydrogens is 345 g/mol. The summed E-state index contributed by atoms with van der Waals surface area (Å²) in [6.45, 7) is 3.36. The van der Waals surface area contributed by atoms with E-state index in [2.05, 4.69) is 5.32 Å². The van der Waals surface area contributed by atoms with E-state index in [4.69, 9.17) is 4.74 Å². The summed E-state index contributed by atoms with van der Waals surface area (Å²) in [5.41, 5.74) is 0.725. The summed E-state index contributed by atoms with van der Waals surface area (Å²) in [5.74, 6) is 1.27. The molecule has 4 rings (SSSR count). The first-order valence-electron chi connectivity index (χ1n) is 9.24. The molecule has 142 valence electrons. The number of carbonyl (C=O) groups is 1. The molecule has 1 aliphatic carbocycles. The molecule has 2 heterocycles. The van der Waals surface area contributed by atoms with E-state index < -0.39 is 11.7 Å². The van der Waals surface area contributed by atoms with E-state index in [9.17, 15) is 18.0 Å². The van der Waals surface area contributed by atoms with Gasteiger partial charge in [-0.05, 0) is 73.4 Å². The molecule has 1 amide bonds. The molecular formula is C19H23F3N2O2. The van der Waals surface area contributed by atoms with Gasteiger partial charge in [-0.25, -0.2) is 4.79 Å². The first-order valence-corrected chi connectivity index (χ1v) is 9.24. The first kappa shape index (κ1) is 17.6. The van der Waals surface area contributed by atoms with Gasteiger partial charge < -0.3 is 15.0 Å². The smallest absolute Gasteiger partial charge is 0.416 e. The van der Waals surface area contributed by atoms with Gasteiger partial charge in [0, 0.05) is 13.1 Å². The summed E-state index contributed by atoms with van der Waals surface area (Å²) in [5, 5.41) is 3.36. The number of hydrogen-bond donors (Lipinski definition) is 1. The Hall–Kier alpha value is -1.76. The highest BCUT2D eigenvalue weighted by Gasteiger charge is 2.36. The lowest BCUT2D eigenvalue weighted by Gasteiger charge is -2.33. The molecule has 1 aromatic carbocycles. The second-order valence-corrected chi connectivity index (χ2v) is 7.65. The van der Waals surface area contributed by atoms with Gasteiger partial charge in [0.1, 0.15) is 6.61 Å². The molecule has 2 unspecified atom stereocenters. The average Bonchev–Trinajstić information content (AvgIpc) is 3.35. The zero-order valence-electron chi connectivity index (χ0n) is 14.5. The molecule has 0 aromatic heterocycles.